The molecule has 0 radical (unpaired) electrons. The van der Waals surface area contributed by atoms with Gasteiger partial charge in [-0.1, -0.05) is 12.6 Å². The van der Waals surface area contributed by atoms with Crippen molar-refractivity contribution < 1.29 is 38.9 Å². The minimum atomic E-state index is -1.50. The van der Waals surface area contributed by atoms with Gasteiger partial charge >= 0.3 is 23.9 Å². The molecule has 1 aromatic rings. The van der Waals surface area contributed by atoms with E-state index in [9.17, 15) is 24.3 Å². The van der Waals surface area contributed by atoms with Crippen molar-refractivity contribution in [2.24, 2.45) is 0 Å². The van der Waals surface area contributed by atoms with E-state index in [1.165, 1.54) is 13.0 Å². The van der Waals surface area contributed by atoms with Gasteiger partial charge in [0.2, 0.25) is 0 Å². The van der Waals surface area contributed by atoms with Crippen LogP contribution in [0.3, 0.4) is 0 Å². The van der Waals surface area contributed by atoms with Gasteiger partial charge in [0.15, 0.2) is 0 Å². The highest BCUT2D eigenvalue weighted by Gasteiger charge is 2.26. The minimum Gasteiger partial charge on any atom is -0.478 e. The van der Waals surface area contributed by atoms with E-state index in [1.807, 2.05) is 0 Å². The van der Waals surface area contributed by atoms with Crippen LogP contribution in [0.5, 0.6) is 0 Å². The summed E-state index contributed by atoms with van der Waals surface area (Å²) in [6.07, 6.45) is 3.78. The van der Waals surface area contributed by atoms with Crippen molar-refractivity contribution in [2.45, 2.75) is 32.6 Å². The van der Waals surface area contributed by atoms with Crippen LogP contribution < -0.4 is 0 Å². The Bertz CT molecular complexity index is 735. The summed E-state index contributed by atoms with van der Waals surface area (Å²) in [5.74, 6) is -4.28. The van der Waals surface area contributed by atoms with Gasteiger partial charge < -0.3 is 19.7 Å². The number of rotatable bonds is 11. The molecule has 0 saturated heterocycles. The molecule has 0 aliphatic carbocycles. The average Bonchev–Trinajstić information content (AvgIpc) is 2.62. The molecule has 0 amide bonds. The number of aromatic carboxylic acids is 2. The zero-order valence-electron chi connectivity index (χ0n) is 15.0. The molecule has 0 atom stereocenters. The monoisotopic (exact) mass is 378 g/mol. The van der Waals surface area contributed by atoms with Gasteiger partial charge in [-0.15, -0.1) is 0 Å². The van der Waals surface area contributed by atoms with Crippen LogP contribution in [0.2, 0.25) is 0 Å². The summed E-state index contributed by atoms with van der Waals surface area (Å²) in [6.45, 7) is 5.16. The van der Waals surface area contributed by atoms with E-state index >= 15 is 0 Å². The van der Waals surface area contributed by atoms with E-state index in [1.54, 1.807) is 0 Å². The van der Waals surface area contributed by atoms with Crippen LogP contribution in [0.4, 0.5) is 0 Å². The highest BCUT2D eigenvalue weighted by atomic mass is 16.5. The molecule has 0 aliphatic heterocycles. The van der Waals surface area contributed by atoms with E-state index in [0.29, 0.717) is 18.4 Å². The van der Waals surface area contributed by atoms with Crippen LogP contribution in [0, 0.1) is 6.92 Å². The number of esters is 2. The van der Waals surface area contributed by atoms with E-state index in [2.05, 4.69) is 6.58 Å². The molecule has 2 N–H and O–H groups in total. The molecule has 0 saturated carbocycles. The summed E-state index contributed by atoms with van der Waals surface area (Å²) < 4.78 is 9.93. The summed E-state index contributed by atoms with van der Waals surface area (Å²) in [4.78, 5) is 45.8. The Morgan fingerprint density at radius 1 is 0.926 bits per heavy atom. The Hall–Kier alpha value is -3.16. The second kappa shape index (κ2) is 10.7. The van der Waals surface area contributed by atoms with Crippen LogP contribution in [0.25, 0.3) is 0 Å². The number of carbonyl (C=O) groups is 4. The highest BCUT2D eigenvalue weighted by molar-refractivity contribution is 6.10. The molecule has 1 rings (SSSR count). The fraction of sp³-hybridized carbons (Fsp3) is 0.368. The normalized spacial score (nSPS) is 10.1. The number of unbranched alkanes of at least 4 members (excludes halogenated alkanes) is 3. The van der Waals surface area contributed by atoms with Crippen molar-refractivity contribution >= 4 is 23.9 Å². The molecular formula is C19H22O8. The lowest BCUT2D eigenvalue weighted by Gasteiger charge is -2.12. The molecule has 0 aliphatic rings. The molecule has 146 valence electrons. The standard InChI is InChI=1S/C19H22O8/c1-3-14(20)26-10-6-4-5-7-11-27-19(25)15-12(2)8-9-13(17(21)22)16(15)18(23)24/h3,8-9H,1,4-7,10-11H2,2H3,(H,21,22)(H,23,24). The number of carboxylic acid groups (broad SMARTS) is 2. The van der Waals surface area contributed by atoms with Crippen LogP contribution in [-0.4, -0.2) is 47.3 Å². The number of aryl methyl sites for hydroxylation is 1. The molecule has 8 heteroatoms. The molecule has 0 unspecified atom stereocenters. The summed E-state index contributed by atoms with van der Waals surface area (Å²) in [6, 6.07) is 2.52. The Morgan fingerprint density at radius 3 is 2.04 bits per heavy atom. The fourth-order valence-corrected chi connectivity index (χ4v) is 2.40. The number of hydrogen-bond acceptors (Lipinski definition) is 6. The topological polar surface area (TPSA) is 127 Å². The molecule has 27 heavy (non-hydrogen) atoms. The zero-order valence-corrected chi connectivity index (χ0v) is 15.0. The molecule has 0 fully saturated rings. The fourth-order valence-electron chi connectivity index (χ4n) is 2.40. The molecule has 8 nitrogen and oxygen atoms in total. The van der Waals surface area contributed by atoms with Gasteiger partial charge in [0, 0.05) is 6.08 Å². The second-order valence-corrected chi connectivity index (χ2v) is 5.71. The van der Waals surface area contributed by atoms with Crippen molar-refractivity contribution in [2.75, 3.05) is 13.2 Å². The van der Waals surface area contributed by atoms with Gasteiger partial charge in [-0.05, 0) is 44.2 Å². The summed E-state index contributed by atoms with van der Waals surface area (Å²) in [7, 11) is 0. The Morgan fingerprint density at radius 2 is 1.52 bits per heavy atom. The van der Waals surface area contributed by atoms with Gasteiger partial charge in [0.1, 0.15) is 0 Å². The number of carbonyl (C=O) groups excluding carboxylic acids is 2. The quantitative estimate of drug-likeness (QED) is 0.342. The molecule has 0 heterocycles. The molecule has 0 spiro atoms. The minimum absolute atomic E-state index is 0.0705. The Balaban J connectivity index is 2.57. The number of ether oxygens (including phenoxy) is 2. The SMILES string of the molecule is C=CC(=O)OCCCCCCOC(=O)c1c(C)ccc(C(=O)O)c1C(=O)O. The Labute approximate surface area is 156 Å². The lowest BCUT2D eigenvalue weighted by molar-refractivity contribution is -0.137. The van der Waals surface area contributed by atoms with Gasteiger partial charge in [0.05, 0.1) is 29.9 Å². The molecule has 0 bridgehead atoms. The third-order valence-corrected chi connectivity index (χ3v) is 3.74. The van der Waals surface area contributed by atoms with Gasteiger partial charge in [-0.25, -0.2) is 19.2 Å². The smallest absolute Gasteiger partial charge is 0.339 e. The molecular weight excluding hydrogens is 356 g/mol. The van der Waals surface area contributed by atoms with Crippen LogP contribution >= 0.6 is 0 Å². The van der Waals surface area contributed by atoms with Crippen molar-refractivity contribution in [1.82, 2.24) is 0 Å². The lowest BCUT2D eigenvalue weighted by atomic mass is 9.96. The number of hydrogen-bond donors (Lipinski definition) is 2. The maximum atomic E-state index is 12.3. The van der Waals surface area contributed by atoms with Gasteiger partial charge in [0.25, 0.3) is 0 Å². The zero-order chi connectivity index (χ0) is 20.4. The maximum absolute atomic E-state index is 12.3. The molecule has 1 aromatic carbocycles. The maximum Gasteiger partial charge on any atom is 0.339 e. The highest BCUT2D eigenvalue weighted by Crippen LogP contribution is 2.21. The second-order valence-electron chi connectivity index (χ2n) is 5.71. The van der Waals surface area contributed by atoms with Crippen molar-refractivity contribution in [1.29, 1.82) is 0 Å². The predicted molar refractivity (Wildman–Crippen MR) is 95.0 cm³/mol. The van der Waals surface area contributed by atoms with Crippen molar-refractivity contribution in [3.8, 4) is 0 Å². The van der Waals surface area contributed by atoms with E-state index in [4.69, 9.17) is 14.6 Å². The summed E-state index contributed by atoms with van der Waals surface area (Å²) >= 11 is 0. The number of benzene rings is 1. The predicted octanol–water partition coefficient (Wildman–Crippen LogP) is 2.84. The number of carboxylic acids is 2. The first kappa shape index (κ1) is 21.9. The van der Waals surface area contributed by atoms with Crippen LogP contribution in [0.15, 0.2) is 24.8 Å². The van der Waals surface area contributed by atoms with E-state index < -0.39 is 35.0 Å². The van der Waals surface area contributed by atoms with Crippen LogP contribution in [-0.2, 0) is 14.3 Å². The van der Waals surface area contributed by atoms with E-state index in [0.717, 1.165) is 25.0 Å². The van der Waals surface area contributed by atoms with Crippen LogP contribution in [0.1, 0.15) is 62.3 Å². The first-order valence-electron chi connectivity index (χ1n) is 8.36. The third kappa shape index (κ3) is 6.58. The van der Waals surface area contributed by atoms with Crippen molar-refractivity contribution in [3.05, 3.63) is 47.0 Å². The summed E-state index contributed by atoms with van der Waals surface area (Å²) in [5.41, 5.74) is -0.962. The molecule has 0 aromatic heterocycles. The average molecular weight is 378 g/mol. The first-order chi connectivity index (χ1) is 12.8. The lowest BCUT2D eigenvalue weighted by Crippen LogP contribution is -2.18. The first-order valence-corrected chi connectivity index (χ1v) is 8.36. The van der Waals surface area contributed by atoms with Gasteiger partial charge in [-0.2, -0.15) is 0 Å². The summed E-state index contributed by atoms with van der Waals surface area (Å²) in [5, 5.41) is 18.4. The van der Waals surface area contributed by atoms with E-state index in [-0.39, 0.29) is 18.8 Å². The third-order valence-electron chi connectivity index (χ3n) is 3.74. The largest absolute Gasteiger partial charge is 0.478 e. The van der Waals surface area contributed by atoms with Crippen molar-refractivity contribution in [3.63, 3.8) is 0 Å². The van der Waals surface area contributed by atoms with Gasteiger partial charge in [-0.3, -0.25) is 0 Å². The Kier molecular flexibility index (Phi) is 8.71.